The monoisotopic (exact) mass is 432 g/mol. The molecular formula is C26H28N2O4. The molecule has 6 heteroatoms. The van der Waals surface area contributed by atoms with E-state index < -0.39 is 5.92 Å². The largest absolute Gasteiger partial charge is 0.493 e. The molecule has 0 aliphatic heterocycles. The molecule has 0 atom stereocenters. The van der Waals surface area contributed by atoms with E-state index in [0.29, 0.717) is 24.6 Å². The minimum atomic E-state index is -0.403. The molecule has 0 aliphatic carbocycles. The molecule has 2 amide bonds. The number of rotatable bonds is 10. The summed E-state index contributed by atoms with van der Waals surface area (Å²) in [6, 6.07) is 24.7. The van der Waals surface area contributed by atoms with Gasteiger partial charge in [-0.25, -0.2) is 0 Å². The number of benzene rings is 3. The van der Waals surface area contributed by atoms with Crippen LogP contribution in [0.15, 0.2) is 78.9 Å². The van der Waals surface area contributed by atoms with Crippen molar-refractivity contribution < 1.29 is 19.1 Å². The first-order chi connectivity index (χ1) is 15.6. The van der Waals surface area contributed by atoms with Crippen molar-refractivity contribution in [3.63, 3.8) is 0 Å². The van der Waals surface area contributed by atoms with Crippen molar-refractivity contribution >= 4 is 11.8 Å². The highest BCUT2D eigenvalue weighted by atomic mass is 16.5. The van der Waals surface area contributed by atoms with Gasteiger partial charge in [0.2, 0.25) is 11.8 Å². The van der Waals surface area contributed by atoms with Gasteiger partial charge >= 0.3 is 0 Å². The Balaban J connectivity index is 1.53. The molecule has 0 aliphatic rings. The van der Waals surface area contributed by atoms with Gasteiger partial charge in [-0.05, 0) is 28.8 Å². The van der Waals surface area contributed by atoms with E-state index in [4.69, 9.17) is 9.47 Å². The van der Waals surface area contributed by atoms with Gasteiger partial charge in [-0.3, -0.25) is 9.59 Å². The Morgan fingerprint density at radius 2 is 1.31 bits per heavy atom. The van der Waals surface area contributed by atoms with E-state index in [9.17, 15) is 9.59 Å². The van der Waals surface area contributed by atoms with Crippen LogP contribution in [-0.4, -0.2) is 39.1 Å². The second kappa shape index (κ2) is 11.6. The number of hydrogen-bond donors (Lipinski definition) is 2. The van der Waals surface area contributed by atoms with Crippen molar-refractivity contribution in [1.82, 2.24) is 10.6 Å². The third-order valence-corrected chi connectivity index (χ3v) is 5.09. The van der Waals surface area contributed by atoms with Gasteiger partial charge in [-0.15, -0.1) is 0 Å². The molecular weight excluding hydrogens is 404 g/mol. The summed E-state index contributed by atoms with van der Waals surface area (Å²) in [5.41, 5.74) is 2.67. The minimum absolute atomic E-state index is 0.100. The Kier molecular flexibility index (Phi) is 8.26. The van der Waals surface area contributed by atoms with E-state index in [1.807, 2.05) is 66.7 Å². The summed E-state index contributed by atoms with van der Waals surface area (Å²) in [7, 11) is 3.13. The number of carbonyl (C=O) groups is 2. The van der Waals surface area contributed by atoms with Crippen LogP contribution in [0.1, 0.15) is 22.6 Å². The topological polar surface area (TPSA) is 76.7 Å². The van der Waals surface area contributed by atoms with Gasteiger partial charge in [0.15, 0.2) is 11.5 Å². The third kappa shape index (κ3) is 6.11. The molecule has 0 bridgehead atoms. The van der Waals surface area contributed by atoms with Crippen molar-refractivity contribution in [3.8, 4) is 11.5 Å². The summed E-state index contributed by atoms with van der Waals surface area (Å²) >= 11 is 0. The highest BCUT2D eigenvalue weighted by Crippen LogP contribution is 2.27. The quantitative estimate of drug-likeness (QED) is 0.482. The van der Waals surface area contributed by atoms with E-state index in [1.54, 1.807) is 26.4 Å². The van der Waals surface area contributed by atoms with E-state index in [0.717, 1.165) is 16.7 Å². The van der Waals surface area contributed by atoms with Crippen LogP contribution in [0.2, 0.25) is 0 Å². The van der Waals surface area contributed by atoms with Crippen molar-refractivity contribution in [3.05, 3.63) is 95.6 Å². The van der Waals surface area contributed by atoms with E-state index >= 15 is 0 Å². The molecule has 0 heterocycles. The Morgan fingerprint density at radius 1 is 0.750 bits per heavy atom. The fourth-order valence-electron chi connectivity index (χ4n) is 3.51. The Bertz CT molecular complexity index is 983. The van der Waals surface area contributed by atoms with Crippen LogP contribution in [0, 0.1) is 0 Å². The molecule has 0 fully saturated rings. The van der Waals surface area contributed by atoms with Gasteiger partial charge < -0.3 is 20.1 Å². The van der Waals surface area contributed by atoms with Crippen LogP contribution in [0.5, 0.6) is 11.5 Å². The average molecular weight is 433 g/mol. The molecule has 0 radical (unpaired) electrons. The molecule has 0 spiro atoms. The van der Waals surface area contributed by atoms with Gasteiger partial charge in [0.1, 0.15) is 0 Å². The lowest BCUT2D eigenvalue weighted by molar-refractivity contribution is -0.123. The predicted molar refractivity (Wildman–Crippen MR) is 124 cm³/mol. The van der Waals surface area contributed by atoms with Crippen LogP contribution in [0.4, 0.5) is 0 Å². The van der Waals surface area contributed by atoms with Crippen LogP contribution < -0.4 is 20.1 Å². The van der Waals surface area contributed by atoms with Gasteiger partial charge in [0.05, 0.1) is 26.6 Å². The summed E-state index contributed by atoms with van der Waals surface area (Å²) in [4.78, 5) is 25.3. The first-order valence-corrected chi connectivity index (χ1v) is 10.5. The highest BCUT2D eigenvalue weighted by Gasteiger charge is 2.22. The fraction of sp³-hybridized carbons (Fsp3) is 0.231. The molecule has 2 N–H and O–H groups in total. The normalized spacial score (nSPS) is 10.5. The predicted octanol–water partition coefficient (Wildman–Crippen LogP) is 3.31. The highest BCUT2D eigenvalue weighted by molar-refractivity contribution is 5.87. The number of hydrogen-bond acceptors (Lipinski definition) is 4. The molecule has 32 heavy (non-hydrogen) atoms. The van der Waals surface area contributed by atoms with Crippen molar-refractivity contribution in [2.75, 3.05) is 27.3 Å². The second-order valence-corrected chi connectivity index (χ2v) is 7.26. The SMILES string of the molecule is COc1ccc(CC(=O)NCCNC(=O)C(c2ccccc2)c2ccccc2)cc1OC. The summed E-state index contributed by atoms with van der Waals surface area (Å²) < 4.78 is 10.5. The summed E-state index contributed by atoms with van der Waals surface area (Å²) in [6.45, 7) is 0.681. The zero-order chi connectivity index (χ0) is 22.8. The lowest BCUT2D eigenvalue weighted by Gasteiger charge is -2.18. The van der Waals surface area contributed by atoms with E-state index in [-0.39, 0.29) is 18.2 Å². The number of ether oxygens (including phenoxy) is 2. The van der Waals surface area contributed by atoms with Gasteiger partial charge in [-0.1, -0.05) is 66.7 Å². The standard InChI is InChI=1S/C26H28N2O4/c1-31-22-14-13-19(17-23(22)32-2)18-24(29)27-15-16-28-26(30)25(20-9-5-3-6-10-20)21-11-7-4-8-12-21/h3-14,17,25H,15-16,18H2,1-2H3,(H,27,29)(H,28,30). The molecule has 0 aromatic heterocycles. The average Bonchev–Trinajstić information content (AvgIpc) is 2.83. The molecule has 3 aromatic carbocycles. The maximum atomic E-state index is 13.0. The molecule has 3 rings (SSSR count). The van der Waals surface area contributed by atoms with Crippen LogP contribution in [0.3, 0.4) is 0 Å². The van der Waals surface area contributed by atoms with Crippen molar-refractivity contribution in [2.24, 2.45) is 0 Å². The Morgan fingerprint density at radius 3 is 1.88 bits per heavy atom. The lowest BCUT2D eigenvalue weighted by atomic mass is 9.90. The van der Waals surface area contributed by atoms with Gasteiger partial charge in [0.25, 0.3) is 0 Å². The smallest absolute Gasteiger partial charge is 0.232 e. The number of carbonyl (C=O) groups excluding carboxylic acids is 2. The lowest BCUT2D eigenvalue weighted by Crippen LogP contribution is -2.37. The zero-order valence-electron chi connectivity index (χ0n) is 18.3. The summed E-state index contributed by atoms with van der Waals surface area (Å²) in [6.07, 6.45) is 0.213. The van der Waals surface area contributed by atoms with E-state index in [2.05, 4.69) is 10.6 Å². The molecule has 6 nitrogen and oxygen atoms in total. The van der Waals surface area contributed by atoms with Crippen LogP contribution in [0.25, 0.3) is 0 Å². The zero-order valence-corrected chi connectivity index (χ0v) is 18.3. The first kappa shape index (κ1) is 22.9. The van der Waals surface area contributed by atoms with Crippen molar-refractivity contribution in [2.45, 2.75) is 12.3 Å². The number of nitrogens with one attached hydrogen (secondary N) is 2. The van der Waals surface area contributed by atoms with Crippen molar-refractivity contribution in [1.29, 1.82) is 0 Å². The molecule has 0 saturated heterocycles. The minimum Gasteiger partial charge on any atom is -0.493 e. The number of methoxy groups -OCH3 is 2. The van der Waals surface area contributed by atoms with Crippen LogP contribution >= 0.6 is 0 Å². The van der Waals surface area contributed by atoms with Crippen LogP contribution in [-0.2, 0) is 16.0 Å². The first-order valence-electron chi connectivity index (χ1n) is 10.5. The summed E-state index contributed by atoms with van der Waals surface area (Å²) in [5, 5.41) is 5.79. The maximum Gasteiger partial charge on any atom is 0.232 e. The second-order valence-electron chi connectivity index (χ2n) is 7.26. The number of amides is 2. The summed E-state index contributed by atoms with van der Waals surface area (Å²) in [5.74, 6) is 0.564. The van der Waals surface area contributed by atoms with E-state index in [1.165, 1.54) is 0 Å². The molecule has 3 aromatic rings. The molecule has 0 saturated carbocycles. The van der Waals surface area contributed by atoms with Gasteiger partial charge in [0, 0.05) is 13.1 Å². The Labute approximate surface area is 188 Å². The van der Waals surface area contributed by atoms with Gasteiger partial charge in [-0.2, -0.15) is 0 Å². The maximum absolute atomic E-state index is 13.0. The third-order valence-electron chi connectivity index (χ3n) is 5.09. The fourth-order valence-corrected chi connectivity index (χ4v) is 3.51. The molecule has 0 unspecified atom stereocenters. The Hall–Kier alpha value is -3.80. The molecule has 166 valence electrons.